The predicted octanol–water partition coefficient (Wildman–Crippen LogP) is 6.70. The Balaban J connectivity index is 1.10. The van der Waals surface area contributed by atoms with E-state index in [4.69, 9.17) is 42.1 Å². The number of esters is 1. The second-order valence-corrected chi connectivity index (χ2v) is 17.3. The molecule has 4 fully saturated rings. The van der Waals surface area contributed by atoms with Crippen molar-refractivity contribution in [2.45, 2.75) is 61.8 Å². The maximum Gasteiger partial charge on any atom is 0.415 e. The number of anilines is 1. The van der Waals surface area contributed by atoms with Crippen molar-refractivity contribution < 1.29 is 46.1 Å². The van der Waals surface area contributed by atoms with Crippen molar-refractivity contribution in [3.63, 3.8) is 0 Å². The number of rotatable bonds is 13. The molecule has 0 spiro atoms. The molecule has 3 aromatic carbocycles. The van der Waals surface area contributed by atoms with Crippen LogP contribution in [0.15, 0.2) is 84.0 Å². The van der Waals surface area contributed by atoms with Crippen LogP contribution in [0.1, 0.15) is 48.5 Å². The summed E-state index contributed by atoms with van der Waals surface area (Å²) >= 11 is 12.8. The van der Waals surface area contributed by atoms with Crippen molar-refractivity contribution in [2.24, 2.45) is 5.92 Å². The molecule has 2 bridgehead atoms. The number of benzene rings is 3. The Morgan fingerprint density at radius 2 is 1.64 bits per heavy atom. The summed E-state index contributed by atoms with van der Waals surface area (Å²) in [4.78, 5) is 31.1. The minimum atomic E-state index is -4.23. The van der Waals surface area contributed by atoms with Gasteiger partial charge in [-0.05, 0) is 92.2 Å². The summed E-state index contributed by atoms with van der Waals surface area (Å²) in [7, 11) is -1.29. The molecule has 5 heterocycles. The lowest BCUT2D eigenvalue weighted by molar-refractivity contribution is -0.605. The Morgan fingerprint density at radius 3 is 2.28 bits per heavy atom. The number of pyridine rings is 1. The number of fused-ring (bicyclic) bond motifs is 3. The molecule has 3 atom stereocenters. The third-order valence-corrected chi connectivity index (χ3v) is 13.6. The summed E-state index contributed by atoms with van der Waals surface area (Å²) in [6.45, 7) is 2.55. The molecule has 4 aliphatic rings. The van der Waals surface area contributed by atoms with Gasteiger partial charge in [0.2, 0.25) is 10.0 Å². The van der Waals surface area contributed by atoms with Crippen LogP contribution < -0.4 is 19.1 Å². The fourth-order valence-electron chi connectivity index (χ4n) is 7.91. The van der Waals surface area contributed by atoms with Crippen molar-refractivity contribution in [3.05, 3.63) is 117 Å². The number of carbonyl (C=O) groups is 2. The summed E-state index contributed by atoms with van der Waals surface area (Å²) < 4.78 is 67.9. The second-order valence-electron chi connectivity index (χ2n) is 14.6. The van der Waals surface area contributed by atoms with Crippen LogP contribution in [0.25, 0.3) is 0 Å². The molecule has 17 heteroatoms. The van der Waals surface area contributed by atoms with Gasteiger partial charge in [0, 0.05) is 25.1 Å². The van der Waals surface area contributed by atoms with Crippen LogP contribution in [0.3, 0.4) is 0 Å². The summed E-state index contributed by atoms with van der Waals surface area (Å²) in [6, 6.07) is 15.6. The largest absolute Gasteiger partial charge is 0.619 e. The van der Waals surface area contributed by atoms with Crippen molar-refractivity contribution in [2.75, 3.05) is 45.3 Å². The van der Waals surface area contributed by atoms with Crippen LogP contribution in [0, 0.1) is 16.9 Å². The minimum Gasteiger partial charge on any atom is -0.619 e. The Labute approximate surface area is 346 Å². The Hall–Kier alpha value is -4.67. The molecule has 1 unspecified atom stereocenters. The van der Waals surface area contributed by atoms with E-state index in [0.29, 0.717) is 45.9 Å². The smallest absolute Gasteiger partial charge is 0.415 e. The Bertz CT molecular complexity index is 2240. The Kier molecular flexibility index (Phi) is 12.6. The number of halogens is 3. The average Bonchev–Trinajstić information content (AvgIpc) is 3.73. The third-order valence-electron chi connectivity index (χ3n) is 11.0. The van der Waals surface area contributed by atoms with Gasteiger partial charge in [-0.1, -0.05) is 53.5 Å². The number of methoxy groups -OCH3 is 2. The van der Waals surface area contributed by atoms with Crippen LogP contribution >= 0.6 is 23.2 Å². The van der Waals surface area contributed by atoms with Gasteiger partial charge in [-0.2, -0.15) is 9.04 Å². The summed E-state index contributed by atoms with van der Waals surface area (Å²) in [5, 5.41) is 12.1. The molecule has 1 amide bonds. The first kappa shape index (κ1) is 41.5. The van der Waals surface area contributed by atoms with Crippen LogP contribution in [-0.4, -0.2) is 82.2 Å². The van der Waals surface area contributed by atoms with E-state index >= 15 is 4.39 Å². The quantitative estimate of drug-likeness (QED) is 0.0811. The molecule has 4 saturated heterocycles. The van der Waals surface area contributed by atoms with Gasteiger partial charge in [0.15, 0.2) is 23.9 Å². The van der Waals surface area contributed by atoms with Gasteiger partial charge in [-0.3, -0.25) is 14.6 Å². The first-order chi connectivity index (χ1) is 27.9. The van der Waals surface area contributed by atoms with Crippen LogP contribution in [0.2, 0.25) is 10.0 Å². The highest BCUT2D eigenvalue weighted by atomic mass is 35.5. The van der Waals surface area contributed by atoms with Gasteiger partial charge in [0.05, 0.1) is 31.3 Å². The number of amides is 1. The Morgan fingerprint density at radius 1 is 0.948 bits per heavy atom. The van der Waals surface area contributed by atoms with Crippen molar-refractivity contribution in [1.29, 1.82) is 0 Å². The number of piperidine rings is 3. The molecule has 1 aromatic heterocycles. The fourth-order valence-corrected chi connectivity index (χ4v) is 10.2. The van der Waals surface area contributed by atoms with E-state index in [2.05, 4.69) is 4.90 Å². The maximum atomic E-state index is 15.1. The summed E-state index contributed by atoms with van der Waals surface area (Å²) in [5.41, 5.74) is 1.40. The lowest BCUT2D eigenvalue weighted by Gasteiger charge is -2.44. The second kappa shape index (κ2) is 17.7. The number of sulfonamides is 1. The highest BCUT2D eigenvalue weighted by Gasteiger charge is 2.42. The van der Waals surface area contributed by atoms with E-state index in [-0.39, 0.29) is 58.6 Å². The number of ether oxygens (including phenoxy) is 4. The maximum absolute atomic E-state index is 15.1. The molecule has 13 nitrogen and oxygen atoms in total. The fraction of sp³-hybridized carbons (Fsp3) is 0.390. The SMILES string of the molecule is COc1ccc(C(Cc2c(Cl)c[n+]([O-])cc2Cl)OC(=O)[C@@H]2CCCN2S(=O)(=O)c2ccc(CN(C(=O)O[C@H]3CN4CCC3CC4)c3ccccc3F)cc2)cc1OC. The highest BCUT2D eigenvalue weighted by molar-refractivity contribution is 7.89. The van der Waals surface area contributed by atoms with Crippen LogP contribution in [0.5, 0.6) is 11.5 Å². The molecule has 4 aliphatic heterocycles. The zero-order valence-corrected chi connectivity index (χ0v) is 34.2. The first-order valence-electron chi connectivity index (χ1n) is 18.9. The van der Waals surface area contributed by atoms with Crippen LogP contribution in [0.4, 0.5) is 14.9 Å². The van der Waals surface area contributed by atoms with Gasteiger partial charge in [0.1, 0.15) is 34.1 Å². The molecule has 0 saturated carbocycles. The molecular formula is C41H43Cl2FN4O9S. The number of nitrogens with zero attached hydrogens (tertiary/aromatic N) is 4. The van der Waals surface area contributed by atoms with Gasteiger partial charge >= 0.3 is 12.1 Å². The van der Waals surface area contributed by atoms with Crippen molar-refractivity contribution in [3.8, 4) is 11.5 Å². The van der Waals surface area contributed by atoms with Gasteiger partial charge in [0.25, 0.3) is 0 Å². The standard InChI is InChI=1S/C41H43Cl2FN4O9S/c1-54-36-14-11-28(20-38(36)55-2)37(21-30-31(42)23-46(51)24-32(30)43)56-40(49)35-8-5-17-48(35)58(52,53)29-12-9-26(10-13-29)22-47(34-7-4-3-6-33(34)44)41(50)57-39-25-45-18-15-27(39)16-19-45/h3-4,6-7,9-14,20,23-24,27,35,37,39H,5,8,15-19,21-22,25H2,1-2H3/t35-,37?,39-/m0/s1. The number of aromatic nitrogens is 1. The van der Waals surface area contributed by atoms with Crippen LogP contribution in [-0.2, 0) is 37.3 Å². The van der Waals surface area contributed by atoms with Gasteiger partial charge in [-0.15, -0.1) is 0 Å². The summed E-state index contributed by atoms with van der Waals surface area (Å²) in [6.07, 6.45) is 2.69. The molecule has 0 radical (unpaired) electrons. The van der Waals surface area contributed by atoms with Gasteiger partial charge < -0.3 is 24.2 Å². The molecular weight excluding hydrogens is 814 g/mol. The molecule has 8 rings (SSSR count). The lowest BCUT2D eigenvalue weighted by atomic mass is 9.86. The number of hydrogen-bond donors (Lipinski definition) is 0. The van der Waals surface area contributed by atoms with Crippen molar-refractivity contribution >= 4 is 51.0 Å². The van der Waals surface area contributed by atoms with E-state index in [1.165, 1.54) is 49.5 Å². The number of para-hydroxylation sites is 1. The van der Waals surface area contributed by atoms with Crippen molar-refractivity contribution in [1.82, 2.24) is 9.21 Å². The monoisotopic (exact) mass is 856 g/mol. The number of carbonyl (C=O) groups excluding carboxylic acids is 2. The molecule has 308 valence electrons. The van der Waals surface area contributed by atoms with E-state index in [1.54, 1.807) is 36.4 Å². The van der Waals surface area contributed by atoms with Gasteiger partial charge in [-0.25, -0.2) is 17.6 Å². The molecule has 4 aromatic rings. The van der Waals surface area contributed by atoms with E-state index in [0.717, 1.165) is 42.6 Å². The zero-order chi connectivity index (χ0) is 41.1. The number of hydrogen-bond acceptors (Lipinski definition) is 10. The average molecular weight is 858 g/mol. The lowest BCUT2D eigenvalue weighted by Crippen LogP contribution is -2.53. The molecule has 0 N–H and O–H groups in total. The highest BCUT2D eigenvalue weighted by Crippen LogP contribution is 2.37. The summed E-state index contributed by atoms with van der Waals surface area (Å²) in [5.74, 6) is -0.346. The van der Waals surface area contributed by atoms with E-state index < -0.39 is 40.0 Å². The minimum absolute atomic E-state index is 0.0427. The van der Waals surface area contributed by atoms with E-state index in [1.807, 2.05) is 0 Å². The zero-order valence-electron chi connectivity index (χ0n) is 31.9. The third kappa shape index (κ3) is 8.83. The first-order valence-corrected chi connectivity index (χ1v) is 21.1. The molecule has 0 aliphatic carbocycles. The normalized spacial score (nSPS) is 21.0. The topological polar surface area (TPSA) is 142 Å². The molecule has 58 heavy (non-hydrogen) atoms. The van der Waals surface area contributed by atoms with E-state index in [9.17, 15) is 23.2 Å². The predicted molar refractivity (Wildman–Crippen MR) is 213 cm³/mol.